The average molecular weight is 451 g/mol. The van der Waals surface area contributed by atoms with Crippen LogP contribution in [0.25, 0.3) is 22.6 Å². The standard InChI is InChI=1S/C24H30N6O3/c1-28-21-17(10-15(11-20(21)33-2)24(32)29-9-3-4-16(25)13-29)27-23(28)19-8-7-18(22(26)31)30(19)12-14-5-6-14/h7-8,10-11,14,16H,3-6,9,12-13,25H2,1-2H3,(H2,26,31). The van der Waals surface area contributed by atoms with Crippen molar-refractivity contribution < 1.29 is 14.3 Å². The number of carbonyl (C=O) groups is 2. The van der Waals surface area contributed by atoms with Crippen LogP contribution in [-0.2, 0) is 13.6 Å². The van der Waals surface area contributed by atoms with Gasteiger partial charge in [-0.25, -0.2) is 4.98 Å². The second kappa shape index (κ2) is 8.22. The van der Waals surface area contributed by atoms with Crippen LogP contribution in [0.1, 0.15) is 46.5 Å². The molecule has 174 valence electrons. The molecule has 1 aliphatic heterocycles. The normalized spacial score (nSPS) is 18.6. The summed E-state index contributed by atoms with van der Waals surface area (Å²) in [7, 11) is 3.50. The molecule has 1 saturated heterocycles. The summed E-state index contributed by atoms with van der Waals surface area (Å²) in [4.78, 5) is 31.9. The van der Waals surface area contributed by atoms with Crippen molar-refractivity contribution in [2.75, 3.05) is 20.2 Å². The van der Waals surface area contributed by atoms with Crippen LogP contribution in [0.5, 0.6) is 5.75 Å². The zero-order valence-corrected chi connectivity index (χ0v) is 19.1. The number of amides is 2. The third-order valence-corrected chi connectivity index (χ3v) is 6.75. The highest BCUT2D eigenvalue weighted by Crippen LogP contribution is 2.36. The van der Waals surface area contributed by atoms with Gasteiger partial charge >= 0.3 is 0 Å². The van der Waals surface area contributed by atoms with Gasteiger partial charge in [0.05, 0.1) is 18.3 Å². The van der Waals surface area contributed by atoms with E-state index in [2.05, 4.69) is 0 Å². The largest absolute Gasteiger partial charge is 0.494 e. The fraction of sp³-hybridized carbons (Fsp3) is 0.458. The lowest BCUT2D eigenvalue weighted by Gasteiger charge is -2.30. The van der Waals surface area contributed by atoms with Crippen molar-refractivity contribution in [2.45, 2.75) is 38.3 Å². The Balaban J connectivity index is 1.59. The van der Waals surface area contributed by atoms with Gasteiger partial charge in [0.25, 0.3) is 11.8 Å². The molecule has 0 spiro atoms. The summed E-state index contributed by atoms with van der Waals surface area (Å²) in [5, 5.41) is 0. The monoisotopic (exact) mass is 450 g/mol. The van der Waals surface area contributed by atoms with E-state index >= 15 is 0 Å². The van der Waals surface area contributed by atoms with Gasteiger partial charge in [-0.15, -0.1) is 0 Å². The number of aromatic nitrogens is 3. The molecule has 0 bridgehead atoms. The highest BCUT2D eigenvalue weighted by atomic mass is 16.5. The van der Waals surface area contributed by atoms with Gasteiger partial charge in [0.2, 0.25) is 0 Å². The van der Waals surface area contributed by atoms with Crippen LogP contribution in [-0.4, -0.2) is 57.1 Å². The molecule has 3 aromatic rings. The number of nitrogens with two attached hydrogens (primary N) is 2. The van der Waals surface area contributed by atoms with Gasteiger partial charge in [0.1, 0.15) is 17.0 Å². The molecule has 2 fully saturated rings. The van der Waals surface area contributed by atoms with Gasteiger partial charge in [0.15, 0.2) is 5.82 Å². The molecule has 9 heteroatoms. The molecule has 0 radical (unpaired) electrons. The number of aryl methyl sites for hydroxylation is 1. The first-order valence-electron chi connectivity index (χ1n) is 11.5. The SMILES string of the molecule is COc1cc(C(=O)N2CCCC(N)C2)cc2nc(-c3ccc(C(N)=O)n3CC3CC3)n(C)c12. The molecule has 1 aliphatic carbocycles. The number of primary amides is 1. The molecular formula is C24H30N6O3. The third kappa shape index (κ3) is 3.86. The van der Waals surface area contributed by atoms with E-state index in [0.29, 0.717) is 47.4 Å². The molecule has 2 aromatic heterocycles. The quantitative estimate of drug-likeness (QED) is 0.596. The number of likely N-dealkylation sites (tertiary alicyclic amines) is 1. The Morgan fingerprint density at radius 2 is 2.00 bits per heavy atom. The van der Waals surface area contributed by atoms with Crippen LogP contribution in [0, 0.1) is 5.92 Å². The second-order valence-electron chi connectivity index (χ2n) is 9.22. The minimum atomic E-state index is -0.453. The number of hydrogen-bond donors (Lipinski definition) is 2. The summed E-state index contributed by atoms with van der Waals surface area (Å²) >= 11 is 0. The number of piperidine rings is 1. The predicted molar refractivity (Wildman–Crippen MR) is 125 cm³/mol. The van der Waals surface area contributed by atoms with Crippen molar-refractivity contribution in [1.82, 2.24) is 19.0 Å². The first-order valence-corrected chi connectivity index (χ1v) is 11.5. The summed E-state index contributed by atoms with van der Waals surface area (Å²) in [6.07, 6.45) is 4.14. The minimum absolute atomic E-state index is 0.00786. The lowest BCUT2D eigenvalue weighted by atomic mass is 10.0. The van der Waals surface area contributed by atoms with E-state index in [1.807, 2.05) is 28.3 Å². The summed E-state index contributed by atoms with van der Waals surface area (Å²) in [5.41, 5.74) is 15.0. The van der Waals surface area contributed by atoms with Crippen LogP contribution < -0.4 is 16.2 Å². The Morgan fingerprint density at radius 1 is 1.21 bits per heavy atom. The molecule has 3 heterocycles. The smallest absolute Gasteiger partial charge is 0.265 e. The van der Waals surface area contributed by atoms with E-state index in [9.17, 15) is 9.59 Å². The number of nitrogens with zero attached hydrogens (tertiary/aromatic N) is 4. The molecule has 2 amide bonds. The number of fused-ring (bicyclic) bond motifs is 1. The average Bonchev–Trinajstić information content (AvgIpc) is 3.43. The maximum absolute atomic E-state index is 13.2. The lowest BCUT2D eigenvalue weighted by Crippen LogP contribution is -2.45. The van der Waals surface area contributed by atoms with Crippen molar-refractivity contribution in [3.8, 4) is 17.3 Å². The van der Waals surface area contributed by atoms with Crippen LogP contribution in [0.15, 0.2) is 24.3 Å². The molecule has 5 rings (SSSR count). The first kappa shape index (κ1) is 21.5. The molecule has 1 aromatic carbocycles. The number of imidazole rings is 1. The first-order chi connectivity index (χ1) is 15.9. The fourth-order valence-corrected chi connectivity index (χ4v) is 4.83. The van der Waals surface area contributed by atoms with Gasteiger partial charge in [0, 0.05) is 38.3 Å². The zero-order chi connectivity index (χ0) is 23.3. The van der Waals surface area contributed by atoms with E-state index in [-0.39, 0.29) is 11.9 Å². The van der Waals surface area contributed by atoms with Gasteiger partial charge < -0.3 is 30.2 Å². The summed E-state index contributed by atoms with van der Waals surface area (Å²) in [5.74, 6) is 1.31. The molecule has 1 atom stereocenters. The van der Waals surface area contributed by atoms with Crippen molar-refractivity contribution >= 4 is 22.8 Å². The summed E-state index contributed by atoms with van der Waals surface area (Å²) < 4.78 is 9.58. The molecule has 1 saturated carbocycles. The van der Waals surface area contributed by atoms with Crippen LogP contribution >= 0.6 is 0 Å². The Hall–Kier alpha value is -3.33. The molecule has 4 N–H and O–H groups in total. The van der Waals surface area contributed by atoms with E-state index in [0.717, 1.165) is 43.4 Å². The van der Waals surface area contributed by atoms with E-state index in [4.69, 9.17) is 21.2 Å². The molecule has 33 heavy (non-hydrogen) atoms. The van der Waals surface area contributed by atoms with Crippen molar-refractivity contribution in [3.05, 3.63) is 35.5 Å². The van der Waals surface area contributed by atoms with Gasteiger partial charge in [-0.2, -0.15) is 0 Å². The van der Waals surface area contributed by atoms with Crippen LogP contribution in [0.2, 0.25) is 0 Å². The fourth-order valence-electron chi connectivity index (χ4n) is 4.83. The third-order valence-electron chi connectivity index (χ3n) is 6.75. The summed E-state index contributed by atoms with van der Waals surface area (Å²) in [6.45, 7) is 1.99. The predicted octanol–water partition coefficient (Wildman–Crippen LogP) is 2.12. The number of methoxy groups -OCH3 is 1. The van der Waals surface area contributed by atoms with Crippen LogP contribution in [0.4, 0.5) is 0 Å². The topological polar surface area (TPSA) is 121 Å². The van der Waals surface area contributed by atoms with Gasteiger partial charge in [-0.3, -0.25) is 9.59 Å². The highest BCUT2D eigenvalue weighted by molar-refractivity contribution is 6.00. The maximum atomic E-state index is 13.2. The van der Waals surface area contributed by atoms with Crippen LogP contribution in [0.3, 0.4) is 0 Å². The van der Waals surface area contributed by atoms with Gasteiger partial charge in [-0.1, -0.05) is 0 Å². The number of ether oxygens (including phenoxy) is 1. The number of hydrogen-bond acceptors (Lipinski definition) is 5. The highest BCUT2D eigenvalue weighted by Gasteiger charge is 2.28. The molecular weight excluding hydrogens is 420 g/mol. The Morgan fingerprint density at radius 3 is 2.67 bits per heavy atom. The van der Waals surface area contributed by atoms with Gasteiger partial charge in [-0.05, 0) is 55.9 Å². The van der Waals surface area contributed by atoms with E-state index < -0.39 is 5.91 Å². The number of benzene rings is 1. The summed E-state index contributed by atoms with van der Waals surface area (Å²) in [6, 6.07) is 7.23. The lowest BCUT2D eigenvalue weighted by molar-refractivity contribution is 0.0708. The Kier molecular flexibility index (Phi) is 5.36. The maximum Gasteiger partial charge on any atom is 0.265 e. The van der Waals surface area contributed by atoms with E-state index in [1.54, 1.807) is 24.1 Å². The molecule has 9 nitrogen and oxygen atoms in total. The number of rotatable bonds is 6. The van der Waals surface area contributed by atoms with Crippen molar-refractivity contribution in [2.24, 2.45) is 24.4 Å². The zero-order valence-electron chi connectivity index (χ0n) is 19.1. The van der Waals surface area contributed by atoms with Crippen molar-refractivity contribution in [3.63, 3.8) is 0 Å². The minimum Gasteiger partial charge on any atom is -0.494 e. The Labute approximate surface area is 192 Å². The molecule has 2 aliphatic rings. The Bertz CT molecular complexity index is 1240. The van der Waals surface area contributed by atoms with Crippen molar-refractivity contribution in [1.29, 1.82) is 0 Å². The number of carbonyl (C=O) groups excluding carboxylic acids is 2. The second-order valence-corrected chi connectivity index (χ2v) is 9.22. The van der Waals surface area contributed by atoms with E-state index in [1.165, 1.54) is 0 Å². The molecule has 1 unspecified atom stereocenters.